The van der Waals surface area contributed by atoms with Crippen molar-refractivity contribution >= 4 is 34.0 Å². The van der Waals surface area contributed by atoms with E-state index in [1.807, 2.05) is 0 Å². The number of alkyl halides is 1. The van der Waals surface area contributed by atoms with Crippen molar-refractivity contribution in [1.29, 1.82) is 0 Å². The van der Waals surface area contributed by atoms with Crippen molar-refractivity contribution in [2.75, 3.05) is 6.54 Å². The topological polar surface area (TPSA) is 67.8 Å². The normalized spacial score (nSPS) is 19.1. The summed E-state index contributed by atoms with van der Waals surface area (Å²) in [7, 11) is 0. The third kappa shape index (κ3) is 5.44. The van der Waals surface area contributed by atoms with Crippen molar-refractivity contribution in [3.05, 3.63) is 11.8 Å². The molecule has 0 fully saturated rings. The molecule has 0 saturated heterocycles. The van der Waals surface area contributed by atoms with Crippen molar-refractivity contribution in [1.82, 2.24) is 5.32 Å². The largest absolute Gasteiger partial charge is 0.444 e. The van der Waals surface area contributed by atoms with E-state index in [4.69, 9.17) is 4.74 Å². The van der Waals surface area contributed by atoms with Crippen molar-refractivity contribution in [2.45, 2.75) is 37.6 Å². The van der Waals surface area contributed by atoms with Gasteiger partial charge in [0, 0.05) is 6.21 Å². The van der Waals surface area contributed by atoms with E-state index in [1.54, 1.807) is 33.1 Å². The van der Waals surface area contributed by atoms with Gasteiger partial charge in [-0.2, -0.15) is 0 Å². The molecule has 1 aliphatic rings. The van der Waals surface area contributed by atoms with Gasteiger partial charge in [0.1, 0.15) is 11.3 Å². The van der Waals surface area contributed by atoms with E-state index in [0.717, 1.165) is 6.42 Å². The minimum Gasteiger partial charge on any atom is -0.444 e. The number of carbonyl (C=O) groups is 2. The van der Waals surface area contributed by atoms with E-state index in [2.05, 4.69) is 26.2 Å². The summed E-state index contributed by atoms with van der Waals surface area (Å²) in [5.74, 6) is -0.225. The lowest BCUT2D eigenvalue weighted by Gasteiger charge is -2.19. The Morgan fingerprint density at radius 1 is 1.56 bits per heavy atom. The van der Waals surface area contributed by atoms with Gasteiger partial charge >= 0.3 is 6.09 Å². The van der Waals surface area contributed by atoms with Crippen LogP contribution in [0, 0.1) is 0 Å². The highest BCUT2D eigenvalue weighted by molar-refractivity contribution is 9.10. The van der Waals surface area contributed by atoms with E-state index >= 15 is 0 Å². The van der Waals surface area contributed by atoms with E-state index in [0.29, 0.717) is 5.70 Å². The van der Waals surface area contributed by atoms with Crippen LogP contribution in [0.4, 0.5) is 4.79 Å². The number of rotatable bonds is 3. The molecule has 1 N–H and O–H groups in total. The summed E-state index contributed by atoms with van der Waals surface area (Å²) >= 11 is 3.37. The standard InChI is InChI=1S/C12H17BrN2O3/c1-12(2,3)18-11(17)15-7-10(16)9-5-4-8(13)6-14-9/h5-6,8H,4,7H2,1-3H3,(H,15,17). The van der Waals surface area contributed by atoms with Gasteiger partial charge in [-0.15, -0.1) is 0 Å². The van der Waals surface area contributed by atoms with Crippen molar-refractivity contribution in [3.8, 4) is 0 Å². The highest BCUT2D eigenvalue weighted by Gasteiger charge is 2.18. The van der Waals surface area contributed by atoms with Gasteiger partial charge in [0.05, 0.1) is 11.4 Å². The van der Waals surface area contributed by atoms with Crippen LogP contribution in [0.5, 0.6) is 0 Å². The summed E-state index contributed by atoms with van der Waals surface area (Å²) in [5.41, 5.74) is -0.194. The molecular weight excluding hydrogens is 300 g/mol. The summed E-state index contributed by atoms with van der Waals surface area (Å²) in [6.07, 6.45) is 3.53. The van der Waals surface area contributed by atoms with Crippen LogP contribution >= 0.6 is 15.9 Å². The molecule has 1 unspecified atom stereocenters. The number of nitrogens with zero attached hydrogens (tertiary/aromatic N) is 1. The lowest BCUT2D eigenvalue weighted by Crippen LogP contribution is -2.35. The van der Waals surface area contributed by atoms with Crippen LogP contribution in [0.15, 0.2) is 16.8 Å². The van der Waals surface area contributed by atoms with Crippen LogP contribution in [-0.4, -0.2) is 35.1 Å². The maximum Gasteiger partial charge on any atom is 0.408 e. The predicted octanol–water partition coefficient (Wildman–Crippen LogP) is 2.20. The first-order chi connectivity index (χ1) is 8.28. The summed E-state index contributed by atoms with van der Waals surface area (Å²) in [6.45, 7) is 5.18. The molecular formula is C12H17BrN2O3. The quantitative estimate of drug-likeness (QED) is 0.812. The lowest BCUT2D eigenvalue weighted by molar-refractivity contribution is -0.114. The number of aliphatic imine (C=N–C) groups is 1. The Balaban J connectivity index is 2.38. The SMILES string of the molecule is CC(C)(C)OC(=O)NCC(=O)C1=CCC(Br)C=N1. The first-order valence-corrected chi connectivity index (χ1v) is 6.58. The third-order valence-electron chi connectivity index (χ3n) is 1.99. The van der Waals surface area contributed by atoms with Crippen molar-refractivity contribution < 1.29 is 14.3 Å². The third-order valence-corrected chi connectivity index (χ3v) is 2.60. The van der Waals surface area contributed by atoms with Crippen LogP contribution in [-0.2, 0) is 9.53 Å². The van der Waals surface area contributed by atoms with E-state index in [9.17, 15) is 9.59 Å². The zero-order valence-corrected chi connectivity index (χ0v) is 12.3. The number of amides is 1. The first-order valence-electron chi connectivity index (χ1n) is 5.66. The number of hydrogen-bond donors (Lipinski definition) is 1. The molecule has 5 nitrogen and oxygen atoms in total. The molecule has 0 spiro atoms. The number of carbonyl (C=O) groups excluding carboxylic acids is 2. The molecule has 6 heteroatoms. The minimum atomic E-state index is -0.602. The molecule has 0 aromatic heterocycles. The molecule has 0 aliphatic carbocycles. The number of hydrogen-bond acceptors (Lipinski definition) is 4. The lowest BCUT2D eigenvalue weighted by atomic mass is 10.2. The second kappa shape index (κ2) is 6.13. The number of ketones is 1. The zero-order chi connectivity index (χ0) is 13.8. The van der Waals surface area contributed by atoms with Gasteiger partial charge in [0.15, 0.2) is 5.78 Å². The number of nitrogens with one attached hydrogen (secondary N) is 1. The Morgan fingerprint density at radius 2 is 2.22 bits per heavy atom. The summed E-state index contributed by atoms with van der Waals surface area (Å²) in [5, 5.41) is 2.41. The van der Waals surface area contributed by atoms with Gasteiger partial charge in [-0.1, -0.05) is 22.0 Å². The molecule has 0 saturated carbocycles. The molecule has 0 bridgehead atoms. The molecule has 100 valence electrons. The number of ether oxygens (including phenoxy) is 1. The molecule has 1 amide bonds. The van der Waals surface area contributed by atoms with Crippen LogP contribution < -0.4 is 5.32 Å². The fourth-order valence-electron chi connectivity index (χ4n) is 1.24. The van der Waals surface area contributed by atoms with E-state index in [-0.39, 0.29) is 17.2 Å². The Hall–Kier alpha value is -1.17. The van der Waals surface area contributed by atoms with E-state index < -0.39 is 11.7 Å². The van der Waals surface area contributed by atoms with Gasteiger partial charge in [-0.05, 0) is 27.2 Å². The van der Waals surface area contributed by atoms with Crippen molar-refractivity contribution in [2.24, 2.45) is 4.99 Å². The summed E-state index contributed by atoms with van der Waals surface area (Å²) in [6, 6.07) is 0. The second-order valence-corrected chi connectivity index (χ2v) is 6.07. The highest BCUT2D eigenvalue weighted by atomic mass is 79.9. The fraction of sp³-hybridized carbons (Fsp3) is 0.583. The maximum atomic E-state index is 11.7. The van der Waals surface area contributed by atoms with Gasteiger partial charge < -0.3 is 10.1 Å². The molecule has 0 aromatic rings. The van der Waals surface area contributed by atoms with Crippen LogP contribution in [0.3, 0.4) is 0 Å². The second-order valence-electron chi connectivity index (χ2n) is 4.90. The molecule has 1 aliphatic heterocycles. The molecule has 18 heavy (non-hydrogen) atoms. The van der Waals surface area contributed by atoms with Crippen LogP contribution in [0.1, 0.15) is 27.2 Å². The summed E-state index contributed by atoms with van der Waals surface area (Å²) in [4.78, 5) is 27.2. The Kier molecular flexibility index (Phi) is 5.07. The Labute approximate surface area is 115 Å². The monoisotopic (exact) mass is 316 g/mol. The highest BCUT2D eigenvalue weighted by Crippen LogP contribution is 2.13. The number of halogens is 1. The van der Waals surface area contributed by atoms with Crippen LogP contribution in [0.2, 0.25) is 0 Å². The average molecular weight is 317 g/mol. The zero-order valence-electron chi connectivity index (χ0n) is 10.7. The smallest absolute Gasteiger partial charge is 0.408 e. The minimum absolute atomic E-state index is 0.106. The van der Waals surface area contributed by atoms with Crippen LogP contribution in [0.25, 0.3) is 0 Å². The molecule has 1 rings (SSSR count). The van der Waals surface area contributed by atoms with Gasteiger partial charge in [0.25, 0.3) is 0 Å². The Morgan fingerprint density at radius 3 is 2.72 bits per heavy atom. The van der Waals surface area contributed by atoms with Crippen molar-refractivity contribution in [3.63, 3.8) is 0 Å². The molecule has 1 heterocycles. The average Bonchev–Trinajstić information content (AvgIpc) is 2.24. The van der Waals surface area contributed by atoms with Gasteiger partial charge in [-0.25, -0.2) is 4.79 Å². The molecule has 0 radical (unpaired) electrons. The Bertz CT molecular complexity index is 397. The number of Topliss-reactive ketones (excluding diaryl/α,β-unsaturated/α-hetero) is 1. The maximum absolute atomic E-state index is 11.7. The molecule has 1 atom stereocenters. The van der Waals surface area contributed by atoms with E-state index in [1.165, 1.54) is 0 Å². The van der Waals surface area contributed by atoms with Gasteiger partial charge in [0.2, 0.25) is 0 Å². The first kappa shape index (κ1) is 14.9. The predicted molar refractivity (Wildman–Crippen MR) is 73.2 cm³/mol. The van der Waals surface area contributed by atoms with Gasteiger partial charge in [-0.3, -0.25) is 9.79 Å². The fourth-order valence-corrected chi connectivity index (χ4v) is 1.55. The molecule has 0 aromatic carbocycles. The number of allylic oxidation sites excluding steroid dienone is 1. The summed E-state index contributed by atoms with van der Waals surface area (Å²) < 4.78 is 5.02. The number of alkyl carbamates (subject to hydrolysis) is 1.